The zero-order valence-corrected chi connectivity index (χ0v) is 12.2. The average Bonchev–Trinajstić information content (AvgIpc) is 2.43. The Morgan fingerprint density at radius 3 is 3.00 bits per heavy atom. The van der Waals surface area contributed by atoms with E-state index in [-0.39, 0.29) is 23.9 Å². The fraction of sp³-hybridized carbons (Fsp3) is 0.562. The molecule has 1 saturated carbocycles. The number of ketones is 1. The summed E-state index contributed by atoms with van der Waals surface area (Å²) >= 11 is 5.89. The van der Waals surface area contributed by atoms with Gasteiger partial charge >= 0.3 is 0 Å². The minimum atomic E-state index is 0.00856. The number of hydrogen-bond donors (Lipinski definition) is 0. The maximum atomic E-state index is 12.3. The molecule has 2 aliphatic rings. The van der Waals surface area contributed by atoms with Gasteiger partial charge in [0.05, 0.1) is 5.60 Å². The van der Waals surface area contributed by atoms with E-state index in [9.17, 15) is 4.79 Å². The molecule has 3 rings (SSSR count). The number of Topliss-reactive ketones (excluding diaryl/α,β-unsaturated/α-hetero) is 1. The summed E-state index contributed by atoms with van der Waals surface area (Å²) in [5, 5.41) is 0.620. The second kappa shape index (κ2) is 5.74. The largest absolute Gasteiger partial charge is 0.486 e. The van der Waals surface area contributed by atoms with Gasteiger partial charge in [0.15, 0.2) is 5.78 Å². The van der Waals surface area contributed by atoms with Crippen molar-refractivity contribution in [2.24, 2.45) is 5.92 Å². The zero-order chi connectivity index (χ0) is 14.0. The van der Waals surface area contributed by atoms with Crippen molar-refractivity contribution in [3.05, 3.63) is 29.3 Å². The molecule has 20 heavy (non-hydrogen) atoms. The van der Waals surface area contributed by atoms with Gasteiger partial charge in [-0.3, -0.25) is 4.79 Å². The number of carbonyl (C=O) groups is 1. The molecule has 0 bridgehead atoms. The van der Waals surface area contributed by atoms with Crippen molar-refractivity contribution in [1.82, 2.24) is 0 Å². The van der Waals surface area contributed by atoms with Crippen LogP contribution in [-0.2, 0) is 9.53 Å². The first-order chi connectivity index (χ1) is 9.67. The van der Waals surface area contributed by atoms with Crippen LogP contribution in [-0.4, -0.2) is 24.6 Å². The van der Waals surface area contributed by atoms with Gasteiger partial charge in [-0.25, -0.2) is 0 Å². The predicted octanol–water partition coefficient (Wildman–Crippen LogP) is 3.64. The summed E-state index contributed by atoms with van der Waals surface area (Å²) in [6.07, 6.45) is 5.11. The van der Waals surface area contributed by atoms with E-state index in [0.717, 1.165) is 25.7 Å². The van der Waals surface area contributed by atoms with Crippen LogP contribution in [0.1, 0.15) is 32.1 Å². The topological polar surface area (TPSA) is 35.5 Å². The lowest BCUT2D eigenvalue weighted by molar-refractivity contribution is -0.156. The van der Waals surface area contributed by atoms with Gasteiger partial charge < -0.3 is 9.47 Å². The van der Waals surface area contributed by atoms with Crippen LogP contribution in [0.15, 0.2) is 24.3 Å². The van der Waals surface area contributed by atoms with E-state index < -0.39 is 0 Å². The molecule has 1 spiro atoms. The molecule has 1 aliphatic carbocycles. The highest BCUT2D eigenvalue weighted by atomic mass is 35.5. The fourth-order valence-electron chi connectivity index (χ4n) is 3.05. The predicted molar refractivity (Wildman–Crippen MR) is 77.2 cm³/mol. The minimum Gasteiger partial charge on any atom is -0.486 e. The minimum absolute atomic E-state index is 0.00856. The second-order valence-corrected chi connectivity index (χ2v) is 6.22. The standard InChI is InChI=1S/C16H19ClO3/c17-13-3-1-4-14(9-13)19-11-15(18)12-5-8-20-16(10-12)6-2-7-16/h1,3-4,9,12H,2,5-8,10-11H2. The number of ether oxygens (including phenoxy) is 2. The van der Waals surface area contributed by atoms with Gasteiger partial charge in [-0.05, 0) is 50.3 Å². The number of hydrogen-bond acceptors (Lipinski definition) is 3. The maximum Gasteiger partial charge on any atom is 0.173 e. The number of halogens is 1. The molecule has 0 N–H and O–H groups in total. The fourth-order valence-corrected chi connectivity index (χ4v) is 3.23. The van der Waals surface area contributed by atoms with Crippen molar-refractivity contribution in [3.63, 3.8) is 0 Å². The van der Waals surface area contributed by atoms with Crippen molar-refractivity contribution in [2.45, 2.75) is 37.7 Å². The summed E-state index contributed by atoms with van der Waals surface area (Å²) in [5.41, 5.74) is 0.00856. The van der Waals surface area contributed by atoms with Gasteiger partial charge in [0.1, 0.15) is 12.4 Å². The van der Waals surface area contributed by atoms with Crippen LogP contribution in [0.25, 0.3) is 0 Å². The normalized spacial score (nSPS) is 24.1. The Hall–Kier alpha value is -1.06. The summed E-state index contributed by atoms with van der Waals surface area (Å²) in [6.45, 7) is 0.828. The van der Waals surface area contributed by atoms with Gasteiger partial charge in [-0.2, -0.15) is 0 Å². The summed E-state index contributed by atoms with van der Waals surface area (Å²) < 4.78 is 11.4. The Balaban J connectivity index is 1.54. The third kappa shape index (κ3) is 2.99. The Kier molecular flexibility index (Phi) is 3.99. The lowest BCUT2D eigenvalue weighted by Crippen LogP contribution is -2.47. The molecule has 0 radical (unpaired) electrons. The summed E-state index contributed by atoms with van der Waals surface area (Å²) in [6, 6.07) is 7.15. The second-order valence-electron chi connectivity index (χ2n) is 5.79. The van der Waals surface area contributed by atoms with Crippen LogP contribution in [0, 0.1) is 5.92 Å². The van der Waals surface area contributed by atoms with Crippen molar-refractivity contribution in [1.29, 1.82) is 0 Å². The molecule has 1 aliphatic heterocycles. The molecule has 1 saturated heterocycles. The lowest BCUT2D eigenvalue weighted by atomic mass is 9.71. The van der Waals surface area contributed by atoms with Gasteiger partial charge in [0.25, 0.3) is 0 Å². The van der Waals surface area contributed by atoms with Gasteiger partial charge in [-0.1, -0.05) is 17.7 Å². The van der Waals surface area contributed by atoms with E-state index in [1.165, 1.54) is 6.42 Å². The molecule has 1 aromatic carbocycles. The van der Waals surface area contributed by atoms with Gasteiger partial charge in [0.2, 0.25) is 0 Å². The third-order valence-electron chi connectivity index (χ3n) is 4.39. The monoisotopic (exact) mass is 294 g/mol. The Labute approximate surface area is 124 Å². The Morgan fingerprint density at radius 1 is 1.45 bits per heavy atom. The SMILES string of the molecule is O=C(COc1cccc(Cl)c1)C1CCOC2(CCC2)C1. The smallest absolute Gasteiger partial charge is 0.173 e. The summed E-state index contributed by atoms with van der Waals surface area (Å²) in [5.74, 6) is 0.916. The van der Waals surface area contributed by atoms with Crippen LogP contribution in [0.5, 0.6) is 5.75 Å². The molecular formula is C16H19ClO3. The molecular weight excluding hydrogens is 276 g/mol. The molecule has 4 heteroatoms. The van der Waals surface area contributed by atoms with Crippen molar-refractivity contribution < 1.29 is 14.3 Å². The van der Waals surface area contributed by atoms with Crippen LogP contribution in [0.3, 0.4) is 0 Å². The third-order valence-corrected chi connectivity index (χ3v) is 4.63. The molecule has 1 unspecified atom stereocenters. The molecule has 3 nitrogen and oxygen atoms in total. The molecule has 1 heterocycles. The van der Waals surface area contributed by atoms with Crippen LogP contribution in [0.2, 0.25) is 5.02 Å². The van der Waals surface area contributed by atoms with Crippen LogP contribution < -0.4 is 4.74 Å². The number of carbonyl (C=O) groups excluding carboxylic acids is 1. The van der Waals surface area contributed by atoms with E-state index in [4.69, 9.17) is 21.1 Å². The van der Waals surface area contributed by atoms with Crippen molar-refractivity contribution in [2.75, 3.05) is 13.2 Å². The van der Waals surface area contributed by atoms with E-state index in [1.54, 1.807) is 12.1 Å². The highest BCUT2D eigenvalue weighted by Gasteiger charge is 2.44. The van der Waals surface area contributed by atoms with Crippen molar-refractivity contribution in [3.8, 4) is 5.75 Å². The first-order valence-corrected chi connectivity index (χ1v) is 7.60. The van der Waals surface area contributed by atoms with Crippen LogP contribution >= 0.6 is 11.6 Å². The summed E-state index contributed by atoms with van der Waals surface area (Å²) in [4.78, 5) is 12.3. The average molecular weight is 295 g/mol. The first kappa shape index (κ1) is 13.9. The number of benzene rings is 1. The Bertz CT molecular complexity index is 496. The molecule has 1 aromatic rings. The van der Waals surface area contributed by atoms with Crippen LogP contribution in [0.4, 0.5) is 0 Å². The Morgan fingerprint density at radius 2 is 2.30 bits per heavy atom. The van der Waals surface area contributed by atoms with Crippen molar-refractivity contribution >= 4 is 17.4 Å². The zero-order valence-electron chi connectivity index (χ0n) is 11.4. The molecule has 1 atom stereocenters. The highest BCUT2D eigenvalue weighted by Crippen LogP contribution is 2.44. The summed E-state index contributed by atoms with van der Waals surface area (Å²) in [7, 11) is 0. The molecule has 0 amide bonds. The first-order valence-electron chi connectivity index (χ1n) is 7.22. The lowest BCUT2D eigenvalue weighted by Gasteiger charge is -2.46. The van der Waals surface area contributed by atoms with E-state index in [0.29, 0.717) is 17.4 Å². The molecule has 108 valence electrons. The maximum absolute atomic E-state index is 12.3. The van der Waals surface area contributed by atoms with Gasteiger partial charge in [0, 0.05) is 17.5 Å². The molecule has 2 fully saturated rings. The van der Waals surface area contributed by atoms with E-state index in [2.05, 4.69) is 0 Å². The van der Waals surface area contributed by atoms with E-state index in [1.807, 2.05) is 12.1 Å². The van der Waals surface area contributed by atoms with E-state index >= 15 is 0 Å². The van der Waals surface area contributed by atoms with Gasteiger partial charge in [-0.15, -0.1) is 0 Å². The quantitative estimate of drug-likeness (QED) is 0.850. The highest BCUT2D eigenvalue weighted by molar-refractivity contribution is 6.30. The molecule has 0 aromatic heterocycles. The number of rotatable bonds is 4.